The lowest BCUT2D eigenvalue weighted by molar-refractivity contribution is 0.102. The Morgan fingerprint density at radius 3 is 2.30 bits per heavy atom. The number of benzene rings is 2. The molecule has 9 heteroatoms. The van der Waals surface area contributed by atoms with E-state index in [1.165, 1.54) is 35.6 Å². The van der Waals surface area contributed by atoms with E-state index in [4.69, 9.17) is 0 Å². The number of sulfonamides is 1. The zero-order valence-electron chi connectivity index (χ0n) is 14.8. The molecule has 0 spiro atoms. The van der Waals surface area contributed by atoms with Crippen molar-refractivity contribution in [1.82, 2.24) is 10.2 Å². The third-order valence-corrected chi connectivity index (χ3v) is 6.19. The highest BCUT2D eigenvalue weighted by Crippen LogP contribution is 2.21. The minimum atomic E-state index is -3.77. The lowest BCUT2D eigenvalue weighted by Gasteiger charge is -2.08. The number of nitrogens with zero attached hydrogens (tertiary/aromatic N) is 2. The van der Waals surface area contributed by atoms with Crippen molar-refractivity contribution in [2.45, 2.75) is 25.2 Å². The molecular formula is C18H18N4O3S2. The summed E-state index contributed by atoms with van der Waals surface area (Å²) in [5.74, 6) is -0.260. The first kappa shape index (κ1) is 19.0. The Hall–Kier alpha value is -2.78. The molecule has 7 nitrogen and oxygen atoms in total. The zero-order valence-corrected chi connectivity index (χ0v) is 16.4. The Morgan fingerprint density at radius 2 is 1.70 bits per heavy atom. The molecule has 1 aromatic heterocycles. The van der Waals surface area contributed by atoms with Crippen molar-refractivity contribution in [1.29, 1.82) is 0 Å². The van der Waals surface area contributed by atoms with Gasteiger partial charge in [0.25, 0.3) is 15.9 Å². The van der Waals surface area contributed by atoms with Crippen LogP contribution in [0.3, 0.4) is 0 Å². The van der Waals surface area contributed by atoms with Crippen LogP contribution in [-0.4, -0.2) is 24.5 Å². The number of aromatic nitrogens is 2. The van der Waals surface area contributed by atoms with E-state index < -0.39 is 10.0 Å². The fraction of sp³-hybridized carbons (Fsp3) is 0.167. The van der Waals surface area contributed by atoms with E-state index in [0.29, 0.717) is 17.7 Å². The van der Waals surface area contributed by atoms with Crippen molar-refractivity contribution in [2.24, 2.45) is 0 Å². The molecule has 0 atom stereocenters. The molecule has 1 heterocycles. The second kappa shape index (κ2) is 7.85. The van der Waals surface area contributed by atoms with E-state index in [1.54, 1.807) is 12.1 Å². The number of amides is 1. The number of rotatable bonds is 6. The van der Waals surface area contributed by atoms with Crippen molar-refractivity contribution >= 4 is 38.1 Å². The van der Waals surface area contributed by atoms with Gasteiger partial charge >= 0.3 is 0 Å². The predicted molar refractivity (Wildman–Crippen MR) is 106 cm³/mol. The highest BCUT2D eigenvalue weighted by atomic mass is 32.2. The van der Waals surface area contributed by atoms with Crippen LogP contribution in [0.4, 0.5) is 10.8 Å². The summed E-state index contributed by atoms with van der Waals surface area (Å²) in [4.78, 5) is 12.3. The summed E-state index contributed by atoms with van der Waals surface area (Å²) in [6.45, 7) is 3.86. The number of carbonyl (C=O) groups excluding carboxylic acids is 1. The molecule has 0 bridgehead atoms. The first-order valence-electron chi connectivity index (χ1n) is 8.20. The monoisotopic (exact) mass is 402 g/mol. The van der Waals surface area contributed by atoms with E-state index in [2.05, 4.69) is 20.2 Å². The van der Waals surface area contributed by atoms with Crippen LogP contribution < -0.4 is 10.0 Å². The number of anilines is 2. The average Bonchev–Trinajstić information content (AvgIpc) is 3.09. The fourth-order valence-corrected chi connectivity index (χ4v) is 4.15. The summed E-state index contributed by atoms with van der Waals surface area (Å²) in [6.07, 6.45) is 0.689. The third-order valence-electron chi connectivity index (χ3n) is 3.73. The Kier molecular flexibility index (Phi) is 5.52. The SMILES string of the molecule is CCc1nnc(NS(=O)(=O)c2ccc(NC(=O)c3ccc(C)cc3)cc2)s1. The number of hydrogen-bond acceptors (Lipinski definition) is 6. The van der Waals surface area contributed by atoms with Crippen molar-refractivity contribution in [3.63, 3.8) is 0 Å². The first-order chi connectivity index (χ1) is 12.9. The normalized spacial score (nSPS) is 11.2. The molecule has 0 aliphatic heterocycles. The molecular weight excluding hydrogens is 384 g/mol. The quantitative estimate of drug-likeness (QED) is 0.657. The van der Waals surface area contributed by atoms with Gasteiger partial charge < -0.3 is 5.32 Å². The summed E-state index contributed by atoms with van der Waals surface area (Å²) in [7, 11) is -3.77. The molecule has 2 aromatic carbocycles. The van der Waals surface area contributed by atoms with Gasteiger partial charge in [-0.1, -0.05) is 36.0 Å². The smallest absolute Gasteiger partial charge is 0.263 e. The Labute approximate surface area is 161 Å². The maximum atomic E-state index is 12.4. The Bertz CT molecular complexity index is 1040. The summed E-state index contributed by atoms with van der Waals surface area (Å²) >= 11 is 1.20. The molecule has 2 N–H and O–H groups in total. The maximum Gasteiger partial charge on any atom is 0.263 e. The van der Waals surface area contributed by atoms with Gasteiger partial charge in [-0.15, -0.1) is 10.2 Å². The van der Waals surface area contributed by atoms with E-state index in [1.807, 2.05) is 26.0 Å². The lowest BCUT2D eigenvalue weighted by Crippen LogP contribution is -2.14. The van der Waals surface area contributed by atoms with E-state index >= 15 is 0 Å². The van der Waals surface area contributed by atoms with E-state index in [-0.39, 0.29) is 15.9 Å². The molecule has 1 amide bonds. The second-order valence-electron chi connectivity index (χ2n) is 5.80. The first-order valence-corrected chi connectivity index (χ1v) is 10.5. The van der Waals surface area contributed by atoms with Gasteiger partial charge in [0.1, 0.15) is 5.01 Å². The van der Waals surface area contributed by atoms with Crippen LogP contribution in [0.2, 0.25) is 0 Å². The van der Waals surface area contributed by atoms with Crippen molar-refractivity contribution in [3.8, 4) is 0 Å². The van der Waals surface area contributed by atoms with Crippen LogP contribution in [0.25, 0.3) is 0 Å². The van der Waals surface area contributed by atoms with Crippen molar-refractivity contribution < 1.29 is 13.2 Å². The van der Waals surface area contributed by atoms with Gasteiger partial charge in [-0.2, -0.15) is 0 Å². The van der Waals surface area contributed by atoms with Crippen LogP contribution in [0, 0.1) is 6.92 Å². The highest BCUT2D eigenvalue weighted by Gasteiger charge is 2.17. The summed E-state index contributed by atoms with van der Waals surface area (Å²) in [6, 6.07) is 13.1. The van der Waals surface area contributed by atoms with Gasteiger partial charge in [-0.3, -0.25) is 9.52 Å². The molecule has 3 aromatic rings. The number of nitrogens with one attached hydrogen (secondary N) is 2. The minimum absolute atomic E-state index is 0.0732. The van der Waals surface area contributed by atoms with Gasteiger partial charge in [-0.05, 0) is 49.7 Å². The van der Waals surface area contributed by atoms with Crippen LogP contribution in [0.15, 0.2) is 53.4 Å². The molecule has 0 saturated carbocycles. The molecule has 0 saturated heterocycles. The van der Waals surface area contributed by atoms with Crippen LogP contribution in [0.5, 0.6) is 0 Å². The molecule has 27 heavy (non-hydrogen) atoms. The number of aryl methyl sites for hydroxylation is 2. The molecule has 0 aliphatic rings. The van der Waals surface area contributed by atoms with E-state index in [0.717, 1.165) is 10.6 Å². The second-order valence-corrected chi connectivity index (χ2v) is 8.55. The lowest BCUT2D eigenvalue weighted by atomic mass is 10.1. The molecule has 140 valence electrons. The molecule has 0 aliphatic carbocycles. The van der Waals surface area contributed by atoms with Gasteiger partial charge in [0, 0.05) is 11.3 Å². The number of hydrogen-bond donors (Lipinski definition) is 2. The zero-order chi connectivity index (χ0) is 19.4. The number of carbonyl (C=O) groups is 1. The highest BCUT2D eigenvalue weighted by molar-refractivity contribution is 7.93. The van der Waals surface area contributed by atoms with Crippen molar-refractivity contribution in [2.75, 3.05) is 10.0 Å². The minimum Gasteiger partial charge on any atom is -0.322 e. The van der Waals surface area contributed by atoms with Crippen LogP contribution in [-0.2, 0) is 16.4 Å². The Morgan fingerprint density at radius 1 is 1.04 bits per heavy atom. The maximum absolute atomic E-state index is 12.4. The summed E-state index contributed by atoms with van der Waals surface area (Å²) in [5, 5.41) is 11.4. The molecule has 0 radical (unpaired) electrons. The molecule has 3 rings (SSSR count). The average molecular weight is 403 g/mol. The Balaban J connectivity index is 1.70. The topological polar surface area (TPSA) is 101 Å². The standard InChI is InChI=1S/C18H18N4O3S2/c1-3-16-20-21-18(26-16)22-27(24,25)15-10-8-14(9-11-15)19-17(23)13-6-4-12(2)5-7-13/h4-11H,3H2,1-2H3,(H,19,23)(H,21,22). The largest absolute Gasteiger partial charge is 0.322 e. The van der Waals surface area contributed by atoms with Crippen molar-refractivity contribution in [3.05, 3.63) is 64.7 Å². The third kappa shape index (κ3) is 4.69. The van der Waals surface area contributed by atoms with Gasteiger partial charge in [0.05, 0.1) is 4.90 Å². The summed E-state index contributed by atoms with van der Waals surface area (Å²) in [5.41, 5.74) is 2.10. The molecule has 0 fully saturated rings. The fourth-order valence-electron chi connectivity index (χ4n) is 2.24. The van der Waals surface area contributed by atoms with Gasteiger partial charge in [-0.25, -0.2) is 8.42 Å². The van der Waals surface area contributed by atoms with Gasteiger partial charge in [0.2, 0.25) is 5.13 Å². The van der Waals surface area contributed by atoms with Gasteiger partial charge in [0.15, 0.2) is 0 Å². The predicted octanol–water partition coefficient (Wildman–Crippen LogP) is 3.46. The van der Waals surface area contributed by atoms with E-state index in [9.17, 15) is 13.2 Å². The summed E-state index contributed by atoms with van der Waals surface area (Å²) < 4.78 is 27.3. The van der Waals surface area contributed by atoms with Crippen LogP contribution >= 0.6 is 11.3 Å². The van der Waals surface area contributed by atoms with Crippen LogP contribution in [0.1, 0.15) is 27.9 Å². The molecule has 0 unspecified atom stereocenters.